The molecule has 1 aliphatic rings. The van der Waals surface area contributed by atoms with Gasteiger partial charge in [0.2, 0.25) is 5.91 Å². The first-order valence-corrected chi connectivity index (χ1v) is 6.53. The zero-order valence-corrected chi connectivity index (χ0v) is 10.8. The molecular formula is C15H21NO. The van der Waals surface area contributed by atoms with Crippen molar-refractivity contribution in [2.45, 2.75) is 39.0 Å². The molecule has 2 rings (SSSR count). The lowest BCUT2D eigenvalue weighted by atomic mass is 10.0. The van der Waals surface area contributed by atoms with Gasteiger partial charge in [-0.25, -0.2) is 0 Å². The van der Waals surface area contributed by atoms with Crippen LogP contribution in [0.2, 0.25) is 0 Å². The Kier molecular flexibility index (Phi) is 3.82. The van der Waals surface area contributed by atoms with E-state index in [1.807, 2.05) is 4.90 Å². The fourth-order valence-corrected chi connectivity index (χ4v) is 2.27. The van der Waals surface area contributed by atoms with E-state index in [-0.39, 0.29) is 5.91 Å². The van der Waals surface area contributed by atoms with Gasteiger partial charge in [0.1, 0.15) is 0 Å². The molecule has 2 heteroatoms. The third-order valence-electron chi connectivity index (χ3n) is 3.46. The molecule has 0 N–H and O–H groups in total. The monoisotopic (exact) mass is 231 g/mol. The standard InChI is InChI=1S/C15H21NO/c1-12(2)14-7-5-13(6-8-14)11-15(17)16-9-3-4-10-16/h5-8,12H,3-4,9-11H2,1-2H3. The van der Waals surface area contributed by atoms with E-state index in [2.05, 4.69) is 38.1 Å². The second-order valence-electron chi connectivity index (χ2n) is 5.16. The largest absolute Gasteiger partial charge is 0.342 e. The highest BCUT2D eigenvalue weighted by atomic mass is 16.2. The molecule has 0 saturated carbocycles. The summed E-state index contributed by atoms with van der Waals surface area (Å²) >= 11 is 0. The molecule has 1 fully saturated rings. The predicted molar refractivity (Wildman–Crippen MR) is 70.0 cm³/mol. The summed E-state index contributed by atoms with van der Waals surface area (Å²) in [7, 11) is 0. The maximum absolute atomic E-state index is 12.0. The van der Waals surface area contributed by atoms with E-state index in [4.69, 9.17) is 0 Å². The lowest BCUT2D eigenvalue weighted by Crippen LogP contribution is -2.29. The summed E-state index contributed by atoms with van der Waals surface area (Å²) < 4.78 is 0. The number of hydrogen-bond acceptors (Lipinski definition) is 1. The minimum atomic E-state index is 0.278. The second-order valence-corrected chi connectivity index (χ2v) is 5.16. The van der Waals surface area contributed by atoms with Crippen molar-refractivity contribution in [1.82, 2.24) is 4.90 Å². The number of carbonyl (C=O) groups is 1. The van der Waals surface area contributed by atoms with Gasteiger partial charge in [-0.05, 0) is 29.9 Å². The van der Waals surface area contributed by atoms with Crippen LogP contribution in [0.3, 0.4) is 0 Å². The molecular weight excluding hydrogens is 210 g/mol. The van der Waals surface area contributed by atoms with Crippen LogP contribution in [-0.2, 0) is 11.2 Å². The summed E-state index contributed by atoms with van der Waals surface area (Å²) in [5.41, 5.74) is 2.47. The van der Waals surface area contributed by atoms with Crippen molar-refractivity contribution < 1.29 is 4.79 Å². The van der Waals surface area contributed by atoms with Gasteiger partial charge in [-0.2, -0.15) is 0 Å². The Labute approximate surface area is 104 Å². The van der Waals surface area contributed by atoms with Crippen LogP contribution in [0.25, 0.3) is 0 Å². The van der Waals surface area contributed by atoms with Crippen LogP contribution >= 0.6 is 0 Å². The molecule has 1 heterocycles. The second kappa shape index (κ2) is 5.35. The number of carbonyl (C=O) groups excluding carboxylic acids is 1. The van der Waals surface area contributed by atoms with Crippen molar-refractivity contribution in [2.75, 3.05) is 13.1 Å². The molecule has 0 spiro atoms. The molecule has 1 saturated heterocycles. The zero-order chi connectivity index (χ0) is 12.3. The molecule has 2 nitrogen and oxygen atoms in total. The van der Waals surface area contributed by atoms with Gasteiger partial charge in [-0.15, -0.1) is 0 Å². The first-order valence-electron chi connectivity index (χ1n) is 6.53. The van der Waals surface area contributed by atoms with Gasteiger partial charge in [-0.1, -0.05) is 38.1 Å². The Morgan fingerprint density at radius 1 is 1.18 bits per heavy atom. The molecule has 92 valence electrons. The first-order chi connectivity index (χ1) is 8.16. The van der Waals surface area contributed by atoms with Gasteiger partial charge in [0.15, 0.2) is 0 Å². The zero-order valence-electron chi connectivity index (χ0n) is 10.8. The average Bonchev–Trinajstić information content (AvgIpc) is 2.83. The number of rotatable bonds is 3. The van der Waals surface area contributed by atoms with Crippen LogP contribution in [0.1, 0.15) is 43.7 Å². The Bertz CT molecular complexity index is 374. The normalized spacial score (nSPS) is 15.6. The van der Waals surface area contributed by atoms with Gasteiger partial charge in [-0.3, -0.25) is 4.79 Å². The number of nitrogens with zero attached hydrogens (tertiary/aromatic N) is 1. The molecule has 0 bridgehead atoms. The van der Waals surface area contributed by atoms with E-state index in [0.29, 0.717) is 12.3 Å². The van der Waals surface area contributed by atoms with Crippen molar-refractivity contribution in [3.05, 3.63) is 35.4 Å². The quantitative estimate of drug-likeness (QED) is 0.783. The minimum absolute atomic E-state index is 0.278. The lowest BCUT2D eigenvalue weighted by molar-refractivity contribution is -0.129. The molecule has 17 heavy (non-hydrogen) atoms. The van der Waals surface area contributed by atoms with Crippen LogP contribution in [0.15, 0.2) is 24.3 Å². The third-order valence-corrected chi connectivity index (χ3v) is 3.46. The van der Waals surface area contributed by atoms with Crippen LogP contribution in [0, 0.1) is 0 Å². The molecule has 1 aliphatic heterocycles. The average molecular weight is 231 g/mol. The highest BCUT2D eigenvalue weighted by Crippen LogP contribution is 2.16. The molecule has 1 aromatic rings. The number of likely N-dealkylation sites (tertiary alicyclic amines) is 1. The van der Waals surface area contributed by atoms with E-state index in [0.717, 1.165) is 31.5 Å². The Hall–Kier alpha value is -1.31. The van der Waals surface area contributed by atoms with Gasteiger partial charge < -0.3 is 4.90 Å². The maximum Gasteiger partial charge on any atom is 0.226 e. The van der Waals surface area contributed by atoms with E-state index in [1.54, 1.807) is 0 Å². The molecule has 0 atom stereocenters. The molecule has 0 aliphatic carbocycles. The maximum atomic E-state index is 12.0. The highest BCUT2D eigenvalue weighted by molar-refractivity contribution is 5.79. The molecule has 0 radical (unpaired) electrons. The summed E-state index contributed by atoms with van der Waals surface area (Å²) in [4.78, 5) is 13.9. The Morgan fingerprint density at radius 2 is 1.76 bits per heavy atom. The first kappa shape index (κ1) is 12.2. The van der Waals surface area contributed by atoms with E-state index in [1.165, 1.54) is 5.56 Å². The number of hydrogen-bond donors (Lipinski definition) is 0. The van der Waals surface area contributed by atoms with Crippen molar-refractivity contribution in [3.63, 3.8) is 0 Å². The lowest BCUT2D eigenvalue weighted by Gasteiger charge is -2.15. The highest BCUT2D eigenvalue weighted by Gasteiger charge is 2.17. The predicted octanol–water partition coefficient (Wildman–Crippen LogP) is 2.97. The Balaban J connectivity index is 1.96. The summed E-state index contributed by atoms with van der Waals surface area (Å²) in [6, 6.07) is 8.45. The summed E-state index contributed by atoms with van der Waals surface area (Å²) in [6.45, 7) is 6.26. The summed E-state index contributed by atoms with van der Waals surface area (Å²) in [5, 5.41) is 0. The summed E-state index contributed by atoms with van der Waals surface area (Å²) in [5.74, 6) is 0.832. The van der Waals surface area contributed by atoms with Crippen molar-refractivity contribution in [3.8, 4) is 0 Å². The molecule has 1 aromatic carbocycles. The molecule has 0 unspecified atom stereocenters. The number of benzene rings is 1. The van der Waals surface area contributed by atoms with E-state index >= 15 is 0 Å². The third kappa shape index (κ3) is 3.09. The molecule has 0 aromatic heterocycles. The van der Waals surface area contributed by atoms with Crippen molar-refractivity contribution in [1.29, 1.82) is 0 Å². The Morgan fingerprint density at radius 3 is 2.29 bits per heavy atom. The molecule has 1 amide bonds. The van der Waals surface area contributed by atoms with Gasteiger partial charge >= 0.3 is 0 Å². The number of amides is 1. The minimum Gasteiger partial charge on any atom is -0.342 e. The van der Waals surface area contributed by atoms with Crippen LogP contribution < -0.4 is 0 Å². The van der Waals surface area contributed by atoms with E-state index in [9.17, 15) is 4.79 Å². The van der Waals surface area contributed by atoms with Crippen LogP contribution in [-0.4, -0.2) is 23.9 Å². The van der Waals surface area contributed by atoms with Crippen molar-refractivity contribution >= 4 is 5.91 Å². The summed E-state index contributed by atoms with van der Waals surface area (Å²) in [6.07, 6.45) is 2.88. The smallest absolute Gasteiger partial charge is 0.226 e. The van der Waals surface area contributed by atoms with Gasteiger partial charge in [0.05, 0.1) is 6.42 Å². The van der Waals surface area contributed by atoms with Crippen molar-refractivity contribution in [2.24, 2.45) is 0 Å². The van der Waals surface area contributed by atoms with Crippen LogP contribution in [0.5, 0.6) is 0 Å². The van der Waals surface area contributed by atoms with Gasteiger partial charge in [0, 0.05) is 13.1 Å². The topological polar surface area (TPSA) is 20.3 Å². The fraction of sp³-hybridized carbons (Fsp3) is 0.533. The SMILES string of the molecule is CC(C)c1ccc(CC(=O)N2CCCC2)cc1. The van der Waals surface area contributed by atoms with E-state index < -0.39 is 0 Å². The van der Waals surface area contributed by atoms with Crippen LogP contribution in [0.4, 0.5) is 0 Å². The van der Waals surface area contributed by atoms with Gasteiger partial charge in [0.25, 0.3) is 0 Å². The fourth-order valence-electron chi connectivity index (χ4n) is 2.27.